The first kappa shape index (κ1) is 16.3. The van der Waals surface area contributed by atoms with Crippen LogP contribution < -0.4 is 10.6 Å². The number of nitrogens with one attached hydrogen (secondary N) is 2. The Bertz CT molecular complexity index is 695. The molecular formula is C15H18N6O2. The second kappa shape index (κ2) is 7.83. The zero-order valence-electron chi connectivity index (χ0n) is 12.8. The second-order valence-electron chi connectivity index (χ2n) is 4.88. The third-order valence-electron chi connectivity index (χ3n) is 2.92. The molecule has 0 aliphatic rings. The number of benzene rings is 1. The van der Waals surface area contributed by atoms with Crippen molar-refractivity contribution >= 4 is 11.8 Å². The Morgan fingerprint density at radius 3 is 2.57 bits per heavy atom. The fourth-order valence-corrected chi connectivity index (χ4v) is 1.70. The number of para-hydroxylation sites is 1. The van der Waals surface area contributed by atoms with Gasteiger partial charge < -0.3 is 10.6 Å². The minimum Gasteiger partial charge on any atom is -0.352 e. The zero-order chi connectivity index (χ0) is 16.7. The van der Waals surface area contributed by atoms with Crippen molar-refractivity contribution in [1.82, 2.24) is 30.8 Å². The lowest BCUT2D eigenvalue weighted by Gasteiger charge is -2.05. The third kappa shape index (κ3) is 4.73. The van der Waals surface area contributed by atoms with Gasteiger partial charge in [0.2, 0.25) is 5.91 Å². The Hall–Kier alpha value is -3.03. The van der Waals surface area contributed by atoms with Crippen molar-refractivity contribution in [1.29, 1.82) is 0 Å². The van der Waals surface area contributed by atoms with Gasteiger partial charge in [0.1, 0.15) is 0 Å². The van der Waals surface area contributed by atoms with Crippen molar-refractivity contribution in [3.05, 3.63) is 48.3 Å². The molecule has 0 fully saturated rings. The summed E-state index contributed by atoms with van der Waals surface area (Å²) in [4.78, 5) is 24.5. The highest BCUT2D eigenvalue weighted by atomic mass is 16.2. The molecular weight excluding hydrogens is 296 g/mol. The number of nitrogens with zero attached hydrogens (tertiary/aromatic N) is 4. The summed E-state index contributed by atoms with van der Waals surface area (Å²) < 4.78 is 0. The van der Waals surface area contributed by atoms with Crippen LogP contribution in [0.1, 0.15) is 24.0 Å². The van der Waals surface area contributed by atoms with E-state index in [1.165, 1.54) is 4.80 Å². The lowest BCUT2D eigenvalue weighted by atomic mass is 10.3. The Labute approximate surface area is 133 Å². The lowest BCUT2D eigenvalue weighted by Crippen LogP contribution is -2.30. The van der Waals surface area contributed by atoms with Crippen LogP contribution in [-0.4, -0.2) is 45.1 Å². The molecule has 1 heterocycles. The highest BCUT2D eigenvalue weighted by molar-refractivity contribution is 5.92. The molecule has 0 atom stereocenters. The summed E-state index contributed by atoms with van der Waals surface area (Å²) in [6.45, 7) is 6.03. The maximum atomic E-state index is 11.9. The summed E-state index contributed by atoms with van der Waals surface area (Å²) >= 11 is 0. The molecule has 120 valence electrons. The van der Waals surface area contributed by atoms with Gasteiger partial charge >= 0.3 is 0 Å². The third-order valence-corrected chi connectivity index (χ3v) is 2.92. The van der Waals surface area contributed by atoms with Gasteiger partial charge in [-0.1, -0.05) is 24.8 Å². The van der Waals surface area contributed by atoms with E-state index in [4.69, 9.17) is 0 Å². The summed E-state index contributed by atoms with van der Waals surface area (Å²) in [7, 11) is 0. The maximum absolute atomic E-state index is 11.9. The van der Waals surface area contributed by atoms with E-state index in [1.807, 2.05) is 30.3 Å². The van der Waals surface area contributed by atoms with E-state index in [0.717, 1.165) is 5.69 Å². The largest absolute Gasteiger partial charge is 0.352 e. The first-order valence-electron chi connectivity index (χ1n) is 7.15. The zero-order valence-corrected chi connectivity index (χ0v) is 12.8. The molecule has 1 aromatic heterocycles. The van der Waals surface area contributed by atoms with Gasteiger partial charge in [-0.3, -0.25) is 9.59 Å². The number of hydrogen-bond acceptors (Lipinski definition) is 5. The molecule has 2 aromatic rings. The molecule has 0 radical (unpaired) electrons. The van der Waals surface area contributed by atoms with Crippen LogP contribution in [0.25, 0.3) is 5.69 Å². The van der Waals surface area contributed by atoms with E-state index in [0.29, 0.717) is 25.1 Å². The summed E-state index contributed by atoms with van der Waals surface area (Å²) in [6.07, 6.45) is 0.595. The molecule has 0 aliphatic heterocycles. The summed E-state index contributed by atoms with van der Waals surface area (Å²) in [5.74, 6) is -0.595. The van der Waals surface area contributed by atoms with Gasteiger partial charge in [-0.25, -0.2) is 0 Å². The number of tetrazole rings is 1. The molecule has 0 aliphatic carbocycles. The van der Waals surface area contributed by atoms with Crippen molar-refractivity contribution in [2.24, 2.45) is 0 Å². The number of amides is 2. The van der Waals surface area contributed by atoms with Crippen molar-refractivity contribution < 1.29 is 9.59 Å². The van der Waals surface area contributed by atoms with Gasteiger partial charge in [-0.05, 0) is 30.7 Å². The molecule has 23 heavy (non-hydrogen) atoms. The Balaban J connectivity index is 1.77. The van der Waals surface area contributed by atoms with E-state index in [1.54, 1.807) is 6.92 Å². The highest BCUT2D eigenvalue weighted by Crippen LogP contribution is 2.02. The monoisotopic (exact) mass is 314 g/mol. The van der Waals surface area contributed by atoms with E-state index < -0.39 is 5.91 Å². The fourth-order valence-electron chi connectivity index (χ4n) is 1.70. The SMILES string of the molecule is C=C(C)C(=O)NCCCNC(=O)c1nnn(-c2ccccc2)n1. The number of hydrogen-bond donors (Lipinski definition) is 2. The van der Waals surface area contributed by atoms with Crippen LogP contribution in [0.4, 0.5) is 0 Å². The average molecular weight is 314 g/mol. The van der Waals surface area contributed by atoms with E-state index in [9.17, 15) is 9.59 Å². The van der Waals surface area contributed by atoms with Crippen molar-refractivity contribution in [2.75, 3.05) is 13.1 Å². The van der Waals surface area contributed by atoms with Gasteiger partial charge in [0.05, 0.1) is 5.69 Å². The standard InChI is InChI=1S/C15H18N6O2/c1-11(2)14(22)16-9-6-10-17-15(23)13-18-20-21(19-13)12-7-4-3-5-8-12/h3-5,7-8H,1,6,9-10H2,2H3,(H,16,22)(H,17,23). The van der Waals surface area contributed by atoms with E-state index in [-0.39, 0.29) is 11.7 Å². The number of rotatable bonds is 7. The number of carbonyl (C=O) groups excluding carboxylic acids is 2. The fraction of sp³-hybridized carbons (Fsp3) is 0.267. The number of carbonyl (C=O) groups is 2. The molecule has 2 rings (SSSR count). The molecule has 2 N–H and O–H groups in total. The number of aromatic nitrogens is 4. The molecule has 0 bridgehead atoms. The van der Waals surface area contributed by atoms with Crippen molar-refractivity contribution in [3.63, 3.8) is 0 Å². The lowest BCUT2D eigenvalue weighted by molar-refractivity contribution is -0.117. The highest BCUT2D eigenvalue weighted by Gasteiger charge is 2.12. The Morgan fingerprint density at radius 2 is 1.87 bits per heavy atom. The quantitative estimate of drug-likeness (QED) is 0.571. The second-order valence-corrected chi connectivity index (χ2v) is 4.88. The van der Waals surface area contributed by atoms with Gasteiger partial charge in [0.25, 0.3) is 11.7 Å². The Morgan fingerprint density at radius 1 is 1.17 bits per heavy atom. The van der Waals surface area contributed by atoms with Crippen LogP contribution in [0.15, 0.2) is 42.5 Å². The van der Waals surface area contributed by atoms with E-state index in [2.05, 4.69) is 32.6 Å². The predicted octanol–water partition coefficient (Wildman–Crippen LogP) is 0.474. The maximum Gasteiger partial charge on any atom is 0.292 e. The van der Waals surface area contributed by atoms with Crippen LogP contribution in [0, 0.1) is 0 Å². The minimum atomic E-state index is -0.404. The van der Waals surface area contributed by atoms with Crippen LogP contribution in [0.5, 0.6) is 0 Å². The van der Waals surface area contributed by atoms with Gasteiger partial charge in [0, 0.05) is 18.7 Å². The van der Waals surface area contributed by atoms with Gasteiger partial charge in [-0.15, -0.1) is 15.0 Å². The van der Waals surface area contributed by atoms with Crippen molar-refractivity contribution in [2.45, 2.75) is 13.3 Å². The molecule has 8 heteroatoms. The molecule has 8 nitrogen and oxygen atoms in total. The normalized spacial score (nSPS) is 10.1. The Kier molecular flexibility index (Phi) is 5.56. The minimum absolute atomic E-state index is 0.000162. The molecule has 2 amide bonds. The van der Waals surface area contributed by atoms with Crippen LogP contribution in [0.3, 0.4) is 0 Å². The molecule has 0 saturated carbocycles. The summed E-state index contributed by atoms with van der Waals surface area (Å²) in [5.41, 5.74) is 1.18. The van der Waals surface area contributed by atoms with Crippen LogP contribution >= 0.6 is 0 Å². The van der Waals surface area contributed by atoms with Crippen molar-refractivity contribution in [3.8, 4) is 5.69 Å². The molecule has 0 unspecified atom stereocenters. The van der Waals surface area contributed by atoms with E-state index >= 15 is 0 Å². The first-order chi connectivity index (χ1) is 11.1. The summed E-state index contributed by atoms with van der Waals surface area (Å²) in [5, 5.41) is 17.0. The predicted molar refractivity (Wildman–Crippen MR) is 83.9 cm³/mol. The topological polar surface area (TPSA) is 102 Å². The van der Waals surface area contributed by atoms with Crippen LogP contribution in [0.2, 0.25) is 0 Å². The van der Waals surface area contributed by atoms with Gasteiger partial charge in [0.15, 0.2) is 0 Å². The van der Waals surface area contributed by atoms with Gasteiger partial charge in [-0.2, -0.15) is 0 Å². The molecule has 0 saturated heterocycles. The van der Waals surface area contributed by atoms with Crippen LogP contribution in [-0.2, 0) is 4.79 Å². The first-order valence-corrected chi connectivity index (χ1v) is 7.15. The smallest absolute Gasteiger partial charge is 0.292 e. The summed E-state index contributed by atoms with van der Waals surface area (Å²) in [6, 6.07) is 9.19. The molecule has 0 spiro atoms. The molecule has 1 aromatic carbocycles. The average Bonchev–Trinajstić information content (AvgIpc) is 3.05.